The first-order chi connectivity index (χ1) is 22.5. The summed E-state index contributed by atoms with van der Waals surface area (Å²) < 4.78 is 51.4. The molecule has 3 aliphatic rings. The molecule has 0 aliphatic carbocycles. The van der Waals surface area contributed by atoms with Gasteiger partial charge in [0.2, 0.25) is 0 Å². The summed E-state index contributed by atoms with van der Waals surface area (Å²) in [5.41, 5.74) is 3.28. The summed E-state index contributed by atoms with van der Waals surface area (Å²) in [6.07, 6.45) is 4.37. The normalized spacial score (nSPS) is 23.8. The third-order valence-electron chi connectivity index (χ3n) is 8.48. The van der Waals surface area contributed by atoms with Gasteiger partial charge in [0, 0.05) is 22.8 Å². The standard InChI is InChI=1S/C33H33ClN4O5/c1-41-29-17-22(34)6-7-25(29)28-10-5-21-3-2-4-24(31(21)43-28)20-11-14-37(15-12-20)19-30-35-26-8-9-27(33(39)40)36-32(26)38(30)18-23-13-16-42-23/h2-10,17,20,23,28H,11-16,18-19H2,1H3,(H,39,40)/t23-,28+/m0/s1/i1D3,28D. The number of para-hydroxylation sites is 1. The van der Waals surface area contributed by atoms with Crippen LogP contribution in [0.4, 0.5) is 0 Å². The van der Waals surface area contributed by atoms with E-state index in [0.717, 1.165) is 55.9 Å². The third-order valence-corrected chi connectivity index (χ3v) is 8.72. The zero-order valence-corrected chi connectivity index (χ0v) is 24.1. The Hall–Kier alpha value is -3.92. The van der Waals surface area contributed by atoms with E-state index in [1.807, 2.05) is 28.8 Å². The van der Waals surface area contributed by atoms with Gasteiger partial charge in [-0.05, 0) is 80.2 Å². The van der Waals surface area contributed by atoms with E-state index < -0.39 is 19.1 Å². The predicted octanol–water partition coefficient (Wildman–Crippen LogP) is 6.11. The van der Waals surface area contributed by atoms with Crippen molar-refractivity contribution < 1.29 is 29.6 Å². The number of likely N-dealkylation sites (tertiary alicyclic amines) is 1. The molecule has 0 spiro atoms. The van der Waals surface area contributed by atoms with E-state index in [9.17, 15) is 11.3 Å². The SMILES string of the molecule is [2H]C([2H])([2H])Oc1cc(Cl)ccc1[C@@]1([2H])C=Cc2cccc(C3CCN(Cc4nc5ccc(C(=O)O)nc5n4C[C@@H]4CCO4)CC3)c2O1. The number of aromatic nitrogens is 3. The summed E-state index contributed by atoms with van der Waals surface area (Å²) in [5.74, 6) is 0.483. The molecule has 2 atom stereocenters. The molecule has 1 N–H and O–H groups in total. The number of fused-ring (bicyclic) bond motifs is 2. The molecule has 2 aromatic heterocycles. The number of carboxylic acid groups (broad SMARTS) is 1. The van der Waals surface area contributed by atoms with Gasteiger partial charge < -0.3 is 23.9 Å². The Labute approximate surface area is 260 Å². The molecule has 0 bridgehead atoms. The lowest BCUT2D eigenvalue weighted by molar-refractivity contribution is -0.0593. The van der Waals surface area contributed by atoms with Crippen molar-refractivity contribution in [2.45, 2.75) is 50.5 Å². The van der Waals surface area contributed by atoms with Crippen molar-refractivity contribution in [3.63, 3.8) is 0 Å². The number of piperidine rings is 1. The highest BCUT2D eigenvalue weighted by Crippen LogP contribution is 2.43. The number of imidazole rings is 1. The maximum absolute atomic E-state index is 11.6. The molecule has 5 heterocycles. The number of carbonyl (C=O) groups is 1. The van der Waals surface area contributed by atoms with Crippen LogP contribution in [0.3, 0.4) is 0 Å². The zero-order valence-electron chi connectivity index (χ0n) is 27.3. The summed E-state index contributed by atoms with van der Waals surface area (Å²) in [4.78, 5) is 23.2. The second-order valence-corrected chi connectivity index (χ2v) is 11.6. The van der Waals surface area contributed by atoms with Crippen molar-refractivity contribution >= 4 is 34.8 Å². The van der Waals surface area contributed by atoms with Crippen molar-refractivity contribution in [2.24, 2.45) is 0 Å². The lowest BCUT2D eigenvalue weighted by Gasteiger charge is -2.34. The number of hydrogen-bond acceptors (Lipinski definition) is 7. The second-order valence-electron chi connectivity index (χ2n) is 11.1. The number of aromatic carboxylic acids is 1. The number of rotatable bonds is 8. The molecule has 0 amide bonds. The van der Waals surface area contributed by atoms with Crippen molar-refractivity contribution in [3.8, 4) is 11.5 Å². The van der Waals surface area contributed by atoms with Gasteiger partial charge in [-0.2, -0.15) is 0 Å². The van der Waals surface area contributed by atoms with Gasteiger partial charge in [0.15, 0.2) is 11.3 Å². The minimum Gasteiger partial charge on any atom is -0.496 e. The maximum atomic E-state index is 11.6. The van der Waals surface area contributed by atoms with Crippen molar-refractivity contribution in [2.75, 3.05) is 26.7 Å². The van der Waals surface area contributed by atoms with Gasteiger partial charge in [-0.3, -0.25) is 4.90 Å². The van der Waals surface area contributed by atoms with Crippen LogP contribution in [0.2, 0.25) is 5.02 Å². The van der Waals surface area contributed by atoms with Gasteiger partial charge in [0.05, 0.1) is 31.7 Å². The van der Waals surface area contributed by atoms with E-state index in [2.05, 4.69) is 9.88 Å². The number of pyridine rings is 1. The third kappa shape index (κ3) is 5.48. The molecule has 0 unspecified atom stereocenters. The van der Waals surface area contributed by atoms with Gasteiger partial charge >= 0.3 is 5.97 Å². The molecule has 3 aliphatic heterocycles. The molecular weight excluding hydrogens is 568 g/mol. The lowest BCUT2D eigenvalue weighted by atomic mass is 9.87. The molecule has 2 fully saturated rings. The van der Waals surface area contributed by atoms with Crippen LogP contribution in [0.15, 0.2) is 54.6 Å². The van der Waals surface area contributed by atoms with Crippen LogP contribution in [-0.4, -0.2) is 63.3 Å². The summed E-state index contributed by atoms with van der Waals surface area (Å²) >= 11 is 6.16. The smallest absolute Gasteiger partial charge is 0.354 e. The van der Waals surface area contributed by atoms with Crippen LogP contribution < -0.4 is 9.47 Å². The van der Waals surface area contributed by atoms with Gasteiger partial charge in [-0.15, -0.1) is 0 Å². The number of hydrogen-bond donors (Lipinski definition) is 1. The fourth-order valence-corrected chi connectivity index (χ4v) is 6.26. The molecule has 2 saturated heterocycles. The average Bonchev–Trinajstić information content (AvgIpc) is 3.34. The Morgan fingerprint density at radius 3 is 2.79 bits per heavy atom. The highest BCUT2D eigenvalue weighted by atomic mass is 35.5. The van der Waals surface area contributed by atoms with Crippen LogP contribution in [0.5, 0.6) is 11.5 Å². The van der Waals surface area contributed by atoms with E-state index in [1.54, 1.807) is 24.3 Å². The van der Waals surface area contributed by atoms with Gasteiger partial charge in [0.1, 0.15) is 28.9 Å². The van der Waals surface area contributed by atoms with E-state index in [4.69, 9.17) is 34.9 Å². The summed E-state index contributed by atoms with van der Waals surface area (Å²) in [6, 6.07) is 13.7. The molecule has 2 aromatic carbocycles. The van der Waals surface area contributed by atoms with Crippen LogP contribution in [0, 0.1) is 0 Å². The highest BCUT2D eigenvalue weighted by Gasteiger charge is 2.29. The Bertz CT molecular complexity index is 1870. The number of benzene rings is 2. The molecular formula is C33H33ClN4O5. The number of halogens is 1. The number of methoxy groups -OCH3 is 1. The number of ether oxygens (including phenoxy) is 3. The first-order valence-corrected chi connectivity index (χ1v) is 14.8. The lowest BCUT2D eigenvalue weighted by Crippen LogP contribution is -2.35. The fraction of sp³-hybridized carbons (Fsp3) is 0.364. The Morgan fingerprint density at radius 2 is 2.02 bits per heavy atom. The van der Waals surface area contributed by atoms with Crippen LogP contribution in [-0.2, 0) is 17.8 Å². The molecule has 7 rings (SSSR count). The Kier molecular flexibility index (Phi) is 6.37. The molecule has 0 saturated carbocycles. The molecule has 222 valence electrons. The van der Waals surface area contributed by atoms with E-state index in [-0.39, 0.29) is 34.1 Å². The number of carboxylic acids is 1. The molecule has 9 nitrogen and oxygen atoms in total. The van der Waals surface area contributed by atoms with Crippen LogP contribution in [0.25, 0.3) is 17.2 Å². The summed E-state index contributed by atoms with van der Waals surface area (Å²) in [5, 5.41) is 9.79. The first kappa shape index (κ1) is 23.5. The second kappa shape index (κ2) is 11.6. The van der Waals surface area contributed by atoms with E-state index in [1.165, 1.54) is 12.1 Å². The fourth-order valence-electron chi connectivity index (χ4n) is 6.10. The summed E-state index contributed by atoms with van der Waals surface area (Å²) in [7, 11) is -2.72. The maximum Gasteiger partial charge on any atom is 0.354 e. The van der Waals surface area contributed by atoms with E-state index >= 15 is 0 Å². The minimum atomic E-state index is -2.72. The molecule has 4 aromatic rings. The topological polar surface area (TPSA) is 98.9 Å². The van der Waals surface area contributed by atoms with Gasteiger partial charge in [-0.25, -0.2) is 14.8 Å². The van der Waals surface area contributed by atoms with Crippen molar-refractivity contribution in [1.29, 1.82) is 0 Å². The quantitative estimate of drug-likeness (QED) is 0.257. The molecule has 0 radical (unpaired) electrons. The number of nitrogens with zero attached hydrogens (tertiary/aromatic N) is 4. The van der Waals surface area contributed by atoms with Gasteiger partial charge in [-0.1, -0.05) is 35.9 Å². The Morgan fingerprint density at radius 1 is 1.16 bits per heavy atom. The minimum absolute atomic E-state index is 0.0161. The van der Waals surface area contributed by atoms with Crippen molar-refractivity contribution in [1.82, 2.24) is 19.4 Å². The first-order valence-electron chi connectivity index (χ1n) is 16.4. The molecule has 10 heteroatoms. The summed E-state index contributed by atoms with van der Waals surface area (Å²) in [6.45, 7) is 3.46. The molecule has 43 heavy (non-hydrogen) atoms. The van der Waals surface area contributed by atoms with Crippen molar-refractivity contribution in [3.05, 3.63) is 87.8 Å². The Balaban J connectivity index is 1.10. The van der Waals surface area contributed by atoms with E-state index in [0.29, 0.717) is 30.0 Å². The monoisotopic (exact) mass is 604 g/mol. The van der Waals surface area contributed by atoms with Crippen LogP contribution in [0.1, 0.15) is 69.7 Å². The highest BCUT2D eigenvalue weighted by molar-refractivity contribution is 6.30. The predicted molar refractivity (Wildman–Crippen MR) is 163 cm³/mol. The zero-order chi connectivity index (χ0) is 32.9. The average molecular weight is 605 g/mol. The van der Waals surface area contributed by atoms with Gasteiger partial charge in [0.25, 0.3) is 0 Å². The largest absolute Gasteiger partial charge is 0.496 e. The van der Waals surface area contributed by atoms with Crippen LogP contribution >= 0.6 is 11.6 Å².